The minimum atomic E-state index is -0.151. The van der Waals surface area contributed by atoms with Crippen LogP contribution in [0.4, 0.5) is 5.69 Å². The van der Waals surface area contributed by atoms with Gasteiger partial charge in [0.25, 0.3) is 5.91 Å². The Bertz CT molecular complexity index is 1130. The number of anilines is 1. The van der Waals surface area contributed by atoms with Crippen molar-refractivity contribution in [3.63, 3.8) is 0 Å². The molecule has 142 valence electrons. The maximum atomic E-state index is 12.7. The molecule has 3 heterocycles. The van der Waals surface area contributed by atoms with Crippen molar-refractivity contribution in [2.24, 2.45) is 0 Å². The van der Waals surface area contributed by atoms with Gasteiger partial charge in [0.1, 0.15) is 15.7 Å². The van der Waals surface area contributed by atoms with Gasteiger partial charge in [-0.3, -0.25) is 4.79 Å². The van der Waals surface area contributed by atoms with Gasteiger partial charge in [-0.15, -0.1) is 22.7 Å². The molecule has 0 aliphatic carbocycles. The van der Waals surface area contributed by atoms with E-state index >= 15 is 0 Å². The number of thiazole rings is 1. The molecule has 0 radical (unpaired) electrons. The van der Waals surface area contributed by atoms with Crippen LogP contribution in [0.5, 0.6) is 0 Å². The number of aryl methyl sites for hydroxylation is 2. The van der Waals surface area contributed by atoms with Gasteiger partial charge >= 0.3 is 0 Å². The van der Waals surface area contributed by atoms with Crippen molar-refractivity contribution in [3.05, 3.63) is 75.1 Å². The van der Waals surface area contributed by atoms with Crippen LogP contribution in [0.1, 0.15) is 26.8 Å². The topological polar surface area (TPSA) is 59.8 Å². The Morgan fingerprint density at radius 2 is 1.93 bits per heavy atom. The molecule has 1 N–H and O–H groups in total. The standard InChI is InChI=1S/C20H17ClN4OS2/c1-12-18(28-20(23-12)16-7-8-17(21)27-16)19(26)24-15-5-3-14(4-6-15)11-25-10-9-22-13(25)2/h3-10H,11H2,1-2H3,(H,24,26). The molecular weight excluding hydrogens is 412 g/mol. The fourth-order valence-corrected chi connectivity index (χ4v) is 4.85. The molecule has 0 atom stereocenters. The van der Waals surface area contributed by atoms with Gasteiger partial charge in [-0.05, 0) is 43.7 Å². The third kappa shape index (κ3) is 4.01. The quantitative estimate of drug-likeness (QED) is 0.447. The van der Waals surface area contributed by atoms with Gasteiger partial charge in [-0.2, -0.15) is 0 Å². The Hall–Kier alpha value is -2.48. The number of imidazole rings is 1. The van der Waals surface area contributed by atoms with Crippen LogP contribution in [0.25, 0.3) is 9.88 Å². The van der Waals surface area contributed by atoms with Crippen molar-refractivity contribution in [1.82, 2.24) is 14.5 Å². The highest BCUT2D eigenvalue weighted by Crippen LogP contribution is 2.35. The van der Waals surface area contributed by atoms with E-state index in [2.05, 4.69) is 19.9 Å². The molecule has 0 spiro atoms. The first-order valence-corrected chi connectivity index (χ1v) is 10.6. The van der Waals surface area contributed by atoms with E-state index in [9.17, 15) is 4.79 Å². The largest absolute Gasteiger partial charge is 0.331 e. The normalized spacial score (nSPS) is 11.0. The molecule has 0 fully saturated rings. The predicted molar refractivity (Wildman–Crippen MR) is 116 cm³/mol. The highest BCUT2D eigenvalue weighted by atomic mass is 35.5. The molecule has 0 unspecified atom stereocenters. The molecule has 8 heteroatoms. The lowest BCUT2D eigenvalue weighted by Gasteiger charge is -2.08. The van der Waals surface area contributed by atoms with Crippen LogP contribution in [0.15, 0.2) is 48.8 Å². The summed E-state index contributed by atoms with van der Waals surface area (Å²) in [7, 11) is 0. The van der Waals surface area contributed by atoms with E-state index in [0.717, 1.165) is 33.5 Å². The number of nitrogens with zero attached hydrogens (tertiary/aromatic N) is 3. The van der Waals surface area contributed by atoms with Crippen molar-refractivity contribution in [2.75, 3.05) is 5.32 Å². The Kier molecular flexibility index (Phi) is 5.30. The molecule has 0 bridgehead atoms. The van der Waals surface area contributed by atoms with Crippen LogP contribution in [0.3, 0.4) is 0 Å². The Labute approximate surface area is 175 Å². The molecule has 0 aliphatic rings. The number of aromatic nitrogens is 3. The van der Waals surface area contributed by atoms with Crippen LogP contribution < -0.4 is 5.32 Å². The van der Waals surface area contributed by atoms with Gasteiger partial charge in [0.05, 0.1) is 14.9 Å². The summed E-state index contributed by atoms with van der Waals surface area (Å²) in [5, 5.41) is 3.77. The molecule has 4 rings (SSSR count). The monoisotopic (exact) mass is 428 g/mol. The van der Waals surface area contributed by atoms with E-state index in [0.29, 0.717) is 14.9 Å². The highest BCUT2D eigenvalue weighted by Gasteiger charge is 2.17. The van der Waals surface area contributed by atoms with E-state index in [1.807, 2.05) is 56.4 Å². The SMILES string of the molecule is Cc1nc(-c2ccc(Cl)s2)sc1C(=O)Nc1ccc(Cn2ccnc2C)cc1. The number of carbonyl (C=O) groups excluding carboxylic acids is 1. The lowest BCUT2D eigenvalue weighted by molar-refractivity contribution is 0.103. The van der Waals surface area contributed by atoms with Crippen molar-refractivity contribution >= 4 is 45.9 Å². The molecule has 1 aromatic carbocycles. The number of halogens is 1. The van der Waals surface area contributed by atoms with Crippen molar-refractivity contribution in [2.45, 2.75) is 20.4 Å². The summed E-state index contributed by atoms with van der Waals surface area (Å²) >= 11 is 8.84. The van der Waals surface area contributed by atoms with Crippen LogP contribution >= 0.6 is 34.3 Å². The summed E-state index contributed by atoms with van der Waals surface area (Å²) in [6.07, 6.45) is 3.75. The Morgan fingerprint density at radius 3 is 2.57 bits per heavy atom. The fourth-order valence-electron chi connectivity index (χ4n) is 2.79. The second-order valence-corrected chi connectivity index (χ2v) is 9.00. The summed E-state index contributed by atoms with van der Waals surface area (Å²) in [6.45, 7) is 4.58. The number of nitrogens with one attached hydrogen (secondary N) is 1. The van der Waals surface area contributed by atoms with Gasteiger partial charge in [0.15, 0.2) is 0 Å². The molecule has 3 aromatic heterocycles. The summed E-state index contributed by atoms with van der Waals surface area (Å²) in [4.78, 5) is 23.0. The number of hydrogen-bond donors (Lipinski definition) is 1. The number of thiophene rings is 1. The van der Waals surface area contributed by atoms with E-state index in [1.54, 1.807) is 6.20 Å². The Balaban J connectivity index is 1.46. The van der Waals surface area contributed by atoms with E-state index in [4.69, 9.17) is 11.6 Å². The lowest BCUT2D eigenvalue weighted by atomic mass is 10.2. The fraction of sp³-hybridized carbons (Fsp3) is 0.150. The van der Waals surface area contributed by atoms with Gasteiger partial charge in [0.2, 0.25) is 0 Å². The minimum Gasteiger partial charge on any atom is -0.331 e. The zero-order valence-corrected chi connectivity index (χ0v) is 17.7. The van der Waals surface area contributed by atoms with Gasteiger partial charge in [-0.1, -0.05) is 23.7 Å². The molecule has 0 aliphatic heterocycles. The number of benzene rings is 1. The lowest BCUT2D eigenvalue weighted by Crippen LogP contribution is -2.11. The first kappa shape index (κ1) is 18.9. The number of carbonyl (C=O) groups is 1. The maximum Gasteiger partial charge on any atom is 0.267 e. The first-order chi connectivity index (χ1) is 13.5. The first-order valence-electron chi connectivity index (χ1n) is 8.61. The highest BCUT2D eigenvalue weighted by molar-refractivity contribution is 7.24. The molecule has 28 heavy (non-hydrogen) atoms. The van der Waals surface area contributed by atoms with Crippen molar-refractivity contribution in [3.8, 4) is 9.88 Å². The van der Waals surface area contributed by atoms with Crippen LogP contribution in [-0.2, 0) is 6.54 Å². The molecule has 5 nitrogen and oxygen atoms in total. The van der Waals surface area contributed by atoms with E-state index < -0.39 is 0 Å². The van der Waals surface area contributed by atoms with E-state index in [-0.39, 0.29) is 5.91 Å². The Morgan fingerprint density at radius 1 is 1.14 bits per heavy atom. The van der Waals surface area contributed by atoms with Gasteiger partial charge in [-0.25, -0.2) is 9.97 Å². The number of hydrogen-bond acceptors (Lipinski definition) is 5. The van der Waals surface area contributed by atoms with E-state index in [1.165, 1.54) is 22.7 Å². The number of amides is 1. The maximum absolute atomic E-state index is 12.7. The summed E-state index contributed by atoms with van der Waals surface area (Å²) < 4.78 is 2.78. The third-order valence-corrected chi connectivity index (χ3v) is 6.83. The second-order valence-electron chi connectivity index (χ2n) is 6.29. The minimum absolute atomic E-state index is 0.151. The summed E-state index contributed by atoms with van der Waals surface area (Å²) in [5.74, 6) is 0.822. The van der Waals surface area contributed by atoms with Crippen LogP contribution in [0.2, 0.25) is 4.34 Å². The average Bonchev–Trinajstić information content (AvgIpc) is 3.38. The zero-order valence-electron chi connectivity index (χ0n) is 15.3. The average molecular weight is 429 g/mol. The smallest absolute Gasteiger partial charge is 0.267 e. The zero-order chi connectivity index (χ0) is 19.7. The second kappa shape index (κ2) is 7.87. The van der Waals surface area contributed by atoms with Crippen LogP contribution in [-0.4, -0.2) is 20.4 Å². The molecule has 1 amide bonds. The molecular formula is C20H17ClN4OS2. The molecule has 4 aromatic rings. The van der Waals surface area contributed by atoms with Crippen LogP contribution in [0, 0.1) is 13.8 Å². The van der Waals surface area contributed by atoms with Crippen molar-refractivity contribution < 1.29 is 4.79 Å². The molecule has 0 saturated heterocycles. The van der Waals surface area contributed by atoms with Gasteiger partial charge in [0, 0.05) is 24.6 Å². The third-order valence-electron chi connectivity index (χ3n) is 4.28. The van der Waals surface area contributed by atoms with Crippen molar-refractivity contribution in [1.29, 1.82) is 0 Å². The summed E-state index contributed by atoms with van der Waals surface area (Å²) in [5.41, 5.74) is 2.61. The predicted octanol–water partition coefficient (Wildman–Crippen LogP) is 5.64. The number of rotatable bonds is 5. The molecule has 0 saturated carbocycles. The summed E-state index contributed by atoms with van der Waals surface area (Å²) in [6, 6.07) is 11.6. The van der Waals surface area contributed by atoms with Gasteiger partial charge < -0.3 is 9.88 Å².